The van der Waals surface area contributed by atoms with Crippen molar-refractivity contribution in [2.45, 2.75) is 39.4 Å². The van der Waals surface area contributed by atoms with Crippen molar-refractivity contribution in [2.24, 2.45) is 0 Å². The smallest absolute Gasteiger partial charge is 0.304 e. The first-order valence-electron chi connectivity index (χ1n) is 10.5. The molecule has 2 aromatic carbocycles. The maximum Gasteiger partial charge on any atom is 0.304 e. The number of para-hydroxylation sites is 1. The Kier molecular flexibility index (Phi) is 9.45. The van der Waals surface area contributed by atoms with Crippen molar-refractivity contribution < 1.29 is 18.0 Å². The third-order valence-corrected chi connectivity index (χ3v) is 7.22. The fraction of sp³-hybridized carbons (Fsp3) is 0.391. The van der Waals surface area contributed by atoms with Crippen LogP contribution < -0.4 is 9.62 Å². The van der Waals surface area contributed by atoms with Crippen molar-refractivity contribution in [3.63, 3.8) is 0 Å². The molecule has 0 saturated carbocycles. The van der Waals surface area contributed by atoms with Crippen molar-refractivity contribution in [3.8, 4) is 0 Å². The molecule has 1 unspecified atom stereocenters. The lowest BCUT2D eigenvalue weighted by atomic mass is 10.1. The molecule has 0 aromatic heterocycles. The van der Waals surface area contributed by atoms with Crippen molar-refractivity contribution in [2.75, 3.05) is 24.9 Å². The highest BCUT2D eigenvalue weighted by atomic mass is 79.9. The molecule has 180 valence electrons. The van der Waals surface area contributed by atoms with Crippen LogP contribution in [0.3, 0.4) is 0 Å². The lowest BCUT2D eigenvalue weighted by Crippen LogP contribution is -2.53. The lowest BCUT2D eigenvalue weighted by molar-refractivity contribution is -0.139. The summed E-state index contributed by atoms with van der Waals surface area (Å²) in [6, 6.07) is 14.9. The minimum absolute atomic E-state index is 0.0993. The highest BCUT2D eigenvalue weighted by molar-refractivity contribution is 9.10. The minimum atomic E-state index is -3.95. The number of hydrogen-bond donors (Lipinski definition) is 1. The van der Waals surface area contributed by atoms with Gasteiger partial charge in [-0.25, -0.2) is 4.31 Å². The van der Waals surface area contributed by atoms with Gasteiger partial charge in [0.1, 0.15) is 12.6 Å². The van der Waals surface area contributed by atoms with Gasteiger partial charge in [-0.3, -0.25) is 9.59 Å². The quantitative estimate of drug-likeness (QED) is 0.503. The predicted octanol–water partition coefficient (Wildman–Crippen LogP) is 3.00. The number of hydrogen-bond acceptors (Lipinski definition) is 4. The third kappa shape index (κ3) is 7.28. The van der Waals surface area contributed by atoms with Gasteiger partial charge in [0.2, 0.25) is 11.8 Å². The van der Waals surface area contributed by atoms with Crippen LogP contribution in [-0.4, -0.2) is 62.2 Å². The molecular weight excluding hydrogens is 508 g/mol. The number of carbonyl (C=O) groups excluding carboxylic acids is 2. The number of carbonyl (C=O) groups is 2. The van der Waals surface area contributed by atoms with Gasteiger partial charge in [-0.15, -0.1) is 0 Å². The van der Waals surface area contributed by atoms with Gasteiger partial charge in [0.15, 0.2) is 0 Å². The van der Waals surface area contributed by atoms with Crippen LogP contribution in [0.5, 0.6) is 0 Å². The molecule has 0 bridgehead atoms. The average Bonchev–Trinajstić information content (AvgIpc) is 2.75. The highest BCUT2D eigenvalue weighted by Gasteiger charge is 2.32. The van der Waals surface area contributed by atoms with E-state index in [-0.39, 0.29) is 18.5 Å². The van der Waals surface area contributed by atoms with E-state index in [1.165, 1.54) is 19.0 Å². The van der Waals surface area contributed by atoms with Crippen molar-refractivity contribution in [1.29, 1.82) is 0 Å². The second kappa shape index (κ2) is 11.6. The Balaban J connectivity index is 2.43. The number of rotatable bonds is 10. The topological polar surface area (TPSA) is 90.0 Å². The van der Waals surface area contributed by atoms with E-state index in [0.717, 1.165) is 18.6 Å². The zero-order chi connectivity index (χ0) is 24.8. The van der Waals surface area contributed by atoms with Gasteiger partial charge in [-0.2, -0.15) is 12.7 Å². The maximum absolute atomic E-state index is 13.5. The summed E-state index contributed by atoms with van der Waals surface area (Å²) in [5.41, 5.74) is 1.17. The van der Waals surface area contributed by atoms with Gasteiger partial charge in [-0.1, -0.05) is 46.3 Å². The first kappa shape index (κ1) is 26.8. The Bertz CT molecular complexity index is 1060. The molecule has 8 nitrogen and oxygen atoms in total. The molecule has 2 amide bonds. The molecule has 0 aliphatic heterocycles. The van der Waals surface area contributed by atoms with Gasteiger partial charge in [0, 0.05) is 31.2 Å². The van der Waals surface area contributed by atoms with Crippen LogP contribution in [0.15, 0.2) is 59.1 Å². The molecule has 2 rings (SSSR count). The molecular formula is C23H31BrN4O4S. The molecule has 1 atom stereocenters. The van der Waals surface area contributed by atoms with E-state index in [2.05, 4.69) is 21.2 Å². The number of anilines is 1. The summed E-state index contributed by atoms with van der Waals surface area (Å²) >= 11 is 3.42. The predicted molar refractivity (Wildman–Crippen MR) is 134 cm³/mol. The Morgan fingerprint density at radius 3 is 2.18 bits per heavy atom. The molecule has 0 aliphatic rings. The molecule has 0 spiro atoms. The fourth-order valence-corrected chi connectivity index (χ4v) is 4.63. The summed E-state index contributed by atoms with van der Waals surface area (Å²) in [5, 5.41) is 2.83. The SMILES string of the molecule is CC(C)NC(=O)C(C)N(Cc1cccc(Br)c1)C(=O)CN(c1ccccc1)S(=O)(=O)N(C)C. The maximum atomic E-state index is 13.5. The van der Waals surface area contributed by atoms with E-state index in [1.807, 2.05) is 38.1 Å². The second-order valence-electron chi connectivity index (χ2n) is 8.12. The number of nitrogens with one attached hydrogen (secondary N) is 1. The third-order valence-electron chi connectivity index (χ3n) is 4.90. The van der Waals surface area contributed by atoms with Crippen LogP contribution in [-0.2, 0) is 26.3 Å². The molecule has 1 N–H and O–H groups in total. The molecule has 0 heterocycles. The van der Waals surface area contributed by atoms with Crippen LogP contribution in [0, 0.1) is 0 Å². The first-order chi connectivity index (χ1) is 15.4. The van der Waals surface area contributed by atoms with Crippen LogP contribution in [0.25, 0.3) is 0 Å². The summed E-state index contributed by atoms with van der Waals surface area (Å²) in [7, 11) is -1.13. The summed E-state index contributed by atoms with van der Waals surface area (Å²) in [4.78, 5) is 27.7. The fourth-order valence-electron chi connectivity index (χ4n) is 3.13. The van der Waals surface area contributed by atoms with E-state index in [9.17, 15) is 18.0 Å². The molecule has 0 radical (unpaired) electrons. The van der Waals surface area contributed by atoms with Gasteiger partial charge in [0.05, 0.1) is 5.69 Å². The van der Waals surface area contributed by atoms with Crippen molar-refractivity contribution in [1.82, 2.24) is 14.5 Å². The number of benzene rings is 2. The summed E-state index contributed by atoms with van der Waals surface area (Å²) in [6.45, 7) is 5.02. The van der Waals surface area contributed by atoms with Gasteiger partial charge in [-0.05, 0) is 50.6 Å². The first-order valence-corrected chi connectivity index (χ1v) is 12.7. The van der Waals surface area contributed by atoms with E-state index < -0.39 is 28.7 Å². The van der Waals surface area contributed by atoms with Gasteiger partial charge >= 0.3 is 10.2 Å². The van der Waals surface area contributed by atoms with E-state index >= 15 is 0 Å². The summed E-state index contributed by atoms with van der Waals surface area (Å²) in [6.07, 6.45) is 0. The Labute approximate surface area is 204 Å². The Hall–Kier alpha value is -2.43. The highest BCUT2D eigenvalue weighted by Crippen LogP contribution is 2.21. The summed E-state index contributed by atoms with van der Waals surface area (Å²) in [5.74, 6) is -0.800. The number of nitrogens with zero attached hydrogens (tertiary/aromatic N) is 3. The standard InChI is InChI=1S/C23H31BrN4O4S/c1-17(2)25-23(30)18(3)27(15-19-10-9-11-20(24)14-19)22(29)16-28(33(31,32)26(4)5)21-12-7-6-8-13-21/h6-14,17-18H,15-16H2,1-5H3,(H,25,30). The monoisotopic (exact) mass is 538 g/mol. The number of halogens is 1. The zero-order valence-electron chi connectivity index (χ0n) is 19.5. The molecule has 0 fully saturated rings. The van der Waals surface area contributed by atoms with Crippen LogP contribution in [0.4, 0.5) is 5.69 Å². The largest absolute Gasteiger partial charge is 0.352 e. The van der Waals surface area contributed by atoms with E-state index in [4.69, 9.17) is 0 Å². The normalized spacial score (nSPS) is 12.5. The molecule has 33 heavy (non-hydrogen) atoms. The molecule has 0 saturated heterocycles. The lowest BCUT2D eigenvalue weighted by Gasteiger charge is -2.33. The van der Waals surface area contributed by atoms with Crippen LogP contribution in [0.2, 0.25) is 0 Å². The number of amides is 2. The van der Waals surface area contributed by atoms with Crippen molar-refractivity contribution in [3.05, 3.63) is 64.6 Å². The van der Waals surface area contributed by atoms with Gasteiger partial charge < -0.3 is 10.2 Å². The van der Waals surface area contributed by atoms with Crippen molar-refractivity contribution >= 4 is 43.6 Å². The molecule has 2 aromatic rings. The molecule has 0 aliphatic carbocycles. The van der Waals surface area contributed by atoms with E-state index in [1.54, 1.807) is 37.3 Å². The molecule has 10 heteroatoms. The van der Waals surface area contributed by atoms with Crippen LogP contribution in [0.1, 0.15) is 26.3 Å². The Morgan fingerprint density at radius 1 is 1.00 bits per heavy atom. The average molecular weight is 539 g/mol. The van der Waals surface area contributed by atoms with E-state index in [0.29, 0.717) is 5.69 Å². The zero-order valence-corrected chi connectivity index (χ0v) is 21.9. The Morgan fingerprint density at radius 2 is 1.64 bits per heavy atom. The van der Waals surface area contributed by atoms with Crippen LogP contribution >= 0.6 is 15.9 Å². The van der Waals surface area contributed by atoms with Gasteiger partial charge in [0.25, 0.3) is 0 Å². The minimum Gasteiger partial charge on any atom is -0.352 e. The summed E-state index contributed by atoms with van der Waals surface area (Å²) < 4.78 is 29.0. The second-order valence-corrected chi connectivity index (χ2v) is 11.1.